The third-order valence-corrected chi connectivity index (χ3v) is 4.08. The second-order valence-electron chi connectivity index (χ2n) is 5.46. The van der Waals surface area contributed by atoms with Crippen LogP contribution in [0, 0.1) is 0 Å². The summed E-state index contributed by atoms with van der Waals surface area (Å²) in [5, 5.41) is 13.3. The van der Waals surface area contributed by atoms with E-state index in [9.17, 15) is 17.9 Å². The molecule has 9 nitrogen and oxygen atoms in total. The zero-order valence-electron chi connectivity index (χ0n) is 13.3. The minimum absolute atomic E-state index is 0.0185. The number of aliphatic hydroxyl groups excluding tert-OH is 1. The molecule has 2 rings (SSSR count). The molecule has 1 saturated heterocycles. The van der Waals surface area contributed by atoms with Crippen LogP contribution in [0.15, 0.2) is 35.4 Å². The van der Waals surface area contributed by atoms with Crippen LogP contribution in [0.1, 0.15) is 5.56 Å². The molecular weight excluding hydrogens is 357 g/mol. The third kappa shape index (κ3) is 5.63. The van der Waals surface area contributed by atoms with E-state index in [1.165, 1.54) is 0 Å². The molecular formula is C14H18FN3O6S. The number of hydrogen-bond donors (Lipinski definition) is 1. The van der Waals surface area contributed by atoms with E-state index in [0.717, 1.165) is 11.8 Å². The first kappa shape index (κ1) is 19.6. The summed E-state index contributed by atoms with van der Waals surface area (Å²) in [6.07, 6.45) is -5.37. The van der Waals surface area contributed by atoms with Crippen LogP contribution in [0.5, 0.6) is 0 Å². The summed E-state index contributed by atoms with van der Waals surface area (Å²) < 4.78 is 51.9. The standard InChI is InChI=1S/C14H18FN3O6S/c1-25(20,21)23-8-10-13(19)12(17-18-16)11(15)14(24-10)22-7-9-5-3-2-4-6-9/h2-6,10-14,19H,7-8H2,1H3/t10-,11+,12+,13-,14+/m1/s1. The molecule has 1 heterocycles. The number of azide groups is 1. The van der Waals surface area contributed by atoms with Crippen LogP contribution in [0.25, 0.3) is 10.4 Å². The monoisotopic (exact) mass is 375 g/mol. The maximum Gasteiger partial charge on any atom is 0.264 e. The molecule has 1 aromatic rings. The van der Waals surface area contributed by atoms with Crippen molar-refractivity contribution in [2.45, 2.75) is 37.3 Å². The van der Waals surface area contributed by atoms with Crippen molar-refractivity contribution >= 4 is 10.1 Å². The van der Waals surface area contributed by atoms with E-state index in [1.54, 1.807) is 24.3 Å². The molecule has 0 aromatic heterocycles. The molecule has 0 aliphatic carbocycles. The predicted molar refractivity (Wildman–Crippen MR) is 84.5 cm³/mol. The Hall–Kier alpha value is -1.75. The van der Waals surface area contributed by atoms with E-state index < -0.39 is 47.4 Å². The topological polar surface area (TPSA) is 131 Å². The van der Waals surface area contributed by atoms with Gasteiger partial charge in [0.15, 0.2) is 12.5 Å². The molecule has 25 heavy (non-hydrogen) atoms. The lowest BCUT2D eigenvalue weighted by atomic mass is 9.98. The van der Waals surface area contributed by atoms with Gasteiger partial charge in [0.2, 0.25) is 0 Å². The Morgan fingerprint density at radius 1 is 1.40 bits per heavy atom. The summed E-state index contributed by atoms with van der Waals surface area (Å²) in [5.74, 6) is 0. The van der Waals surface area contributed by atoms with Gasteiger partial charge in [0.05, 0.1) is 25.6 Å². The quantitative estimate of drug-likeness (QED) is 0.331. The van der Waals surface area contributed by atoms with Crippen LogP contribution in [0.2, 0.25) is 0 Å². The van der Waals surface area contributed by atoms with Gasteiger partial charge in [0, 0.05) is 4.91 Å². The average molecular weight is 375 g/mol. The third-order valence-electron chi connectivity index (χ3n) is 3.51. The van der Waals surface area contributed by atoms with E-state index >= 15 is 0 Å². The van der Waals surface area contributed by atoms with E-state index in [-0.39, 0.29) is 6.61 Å². The van der Waals surface area contributed by atoms with Crippen molar-refractivity contribution in [1.82, 2.24) is 0 Å². The van der Waals surface area contributed by atoms with Gasteiger partial charge in [0.25, 0.3) is 10.1 Å². The van der Waals surface area contributed by atoms with Gasteiger partial charge in [-0.25, -0.2) is 4.39 Å². The van der Waals surface area contributed by atoms with Crippen molar-refractivity contribution in [3.05, 3.63) is 46.3 Å². The van der Waals surface area contributed by atoms with Crippen LogP contribution in [-0.4, -0.2) is 57.1 Å². The van der Waals surface area contributed by atoms with E-state index in [1.807, 2.05) is 6.07 Å². The summed E-state index contributed by atoms with van der Waals surface area (Å²) in [6.45, 7) is -0.542. The summed E-state index contributed by atoms with van der Waals surface area (Å²) in [5.41, 5.74) is 9.32. The van der Waals surface area contributed by atoms with Crippen molar-refractivity contribution in [2.24, 2.45) is 5.11 Å². The lowest BCUT2D eigenvalue weighted by Crippen LogP contribution is -2.57. The highest BCUT2D eigenvalue weighted by atomic mass is 32.2. The molecule has 0 saturated carbocycles. The van der Waals surface area contributed by atoms with Gasteiger partial charge in [0.1, 0.15) is 12.1 Å². The van der Waals surface area contributed by atoms with Gasteiger partial charge in [-0.2, -0.15) is 8.42 Å². The second-order valence-corrected chi connectivity index (χ2v) is 7.10. The fourth-order valence-corrected chi connectivity index (χ4v) is 2.68. The SMILES string of the molecule is CS(=O)(=O)OC[C@H]1O[C@H](OCc2ccccc2)[C@@H](F)[C@H](N=[N+]=[N-])[C@@H]1O. The number of aliphatic hydroxyl groups is 1. The Balaban J connectivity index is 2.09. The maximum absolute atomic E-state index is 14.5. The van der Waals surface area contributed by atoms with Gasteiger partial charge in [-0.1, -0.05) is 35.4 Å². The fraction of sp³-hybridized carbons (Fsp3) is 0.571. The van der Waals surface area contributed by atoms with Crippen molar-refractivity contribution in [1.29, 1.82) is 0 Å². The smallest absolute Gasteiger partial charge is 0.264 e. The van der Waals surface area contributed by atoms with Crippen molar-refractivity contribution in [3.63, 3.8) is 0 Å². The molecule has 0 bridgehead atoms. The Bertz CT molecular complexity index is 713. The Morgan fingerprint density at radius 3 is 2.68 bits per heavy atom. The van der Waals surface area contributed by atoms with Gasteiger partial charge >= 0.3 is 0 Å². The Morgan fingerprint density at radius 2 is 2.08 bits per heavy atom. The first-order valence-corrected chi connectivity index (χ1v) is 9.15. The normalized spacial score (nSPS) is 29.8. The van der Waals surface area contributed by atoms with Gasteiger partial charge < -0.3 is 14.6 Å². The lowest BCUT2D eigenvalue weighted by molar-refractivity contribution is -0.264. The van der Waals surface area contributed by atoms with Crippen LogP contribution >= 0.6 is 0 Å². The van der Waals surface area contributed by atoms with E-state index in [2.05, 4.69) is 14.2 Å². The van der Waals surface area contributed by atoms with E-state index in [4.69, 9.17) is 15.0 Å². The molecule has 1 aliphatic heterocycles. The first-order chi connectivity index (χ1) is 11.8. The number of nitrogens with zero attached hydrogens (tertiary/aromatic N) is 3. The lowest BCUT2D eigenvalue weighted by Gasteiger charge is -2.39. The predicted octanol–water partition coefficient (Wildman–Crippen LogP) is 1.28. The highest BCUT2D eigenvalue weighted by molar-refractivity contribution is 7.85. The van der Waals surface area contributed by atoms with Crippen molar-refractivity contribution < 1.29 is 31.6 Å². The molecule has 5 atom stereocenters. The number of alkyl halides is 1. The summed E-state index contributed by atoms with van der Waals surface area (Å²) in [4.78, 5) is 2.51. The minimum atomic E-state index is -3.79. The molecule has 1 aliphatic rings. The minimum Gasteiger partial charge on any atom is -0.390 e. The first-order valence-electron chi connectivity index (χ1n) is 7.33. The van der Waals surface area contributed by atoms with Crippen molar-refractivity contribution in [2.75, 3.05) is 12.9 Å². The number of ether oxygens (including phenoxy) is 2. The summed E-state index contributed by atoms with van der Waals surface area (Å²) in [6, 6.07) is 7.41. The maximum atomic E-state index is 14.5. The van der Waals surface area contributed by atoms with Gasteiger partial charge in [-0.3, -0.25) is 4.18 Å². The van der Waals surface area contributed by atoms with E-state index in [0.29, 0.717) is 0 Å². The molecule has 0 radical (unpaired) electrons. The van der Waals surface area contributed by atoms with Crippen LogP contribution in [0.3, 0.4) is 0 Å². The van der Waals surface area contributed by atoms with Gasteiger partial charge in [-0.15, -0.1) is 0 Å². The number of halogens is 1. The zero-order valence-corrected chi connectivity index (χ0v) is 14.1. The summed E-state index contributed by atoms with van der Waals surface area (Å²) >= 11 is 0. The molecule has 1 N–H and O–H groups in total. The highest BCUT2D eigenvalue weighted by Crippen LogP contribution is 2.28. The van der Waals surface area contributed by atoms with Crippen LogP contribution < -0.4 is 0 Å². The van der Waals surface area contributed by atoms with Gasteiger partial charge in [-0.05, 0) is 11.1 Å². The number of benzene rings is 1. The zero-order chi connectivity index (χ0) is 18.4. The molecule has 1 fully saturated rings. The fourth-order valence-electron chi connectivity index (χ4n) is 2.30. The van der Waals surface area contributed by atoms with Crippen LogP contribution in [0.4, 0.5) is 4.39 Å². The Kier molecular flexibility index (Phi) is 6.71. The molecule has 0 amide bonds. The summed E-state index contributed by atoms with van der Waals surface area (Å²) in [7, 11) is -3.79. The van der Waals surface area contributed by atoms with Crippen molar-refractivity contribution in [3.8, 4) is 0 Å². The molecule has 0 spiro atoms. The highest BCUT2D eigenvalue weighted by Gasteiger charge is 2.46. The largest absolute Gasteiger partial charge is 0.390 e. The number of rotatable bonds is 7. The average Bonchev–Trinajstić information content (AvgIpc) is 2.57. The molecule has 1 aromatic carbocycles. The number of hydrogen-bond acceptors (Lipinski definition) is 7. The molecule has 0 unspecified atom stereocenters. The second kappa shape index (κ2) is 8.56. The molecule has 11 heteroatoms. The Labute approximate surface area is 144 Å². The molecule has 138 valence electrons. The van der Waals surface area contributed by atoms with Crippen LogP contribution in [-0.2, 0) is 30.4 Å².